The minimum absolute atomic E-state index is 0.0164. The molecule has 3 aromatic rings. The Hall–Kier alpha value is -3.56. The lowest BCUT2D eigenvalue weighted by atomic mass is 9.87. The second-order valence-corrected chi connectivity index (χ2v) is 13.1. The Labute approximate surface area is 257 Å². The van der Waals surface area contributed by atoms with Gasteiger partial charge >= 0.3 is 5.97 Å². The SMILES string of the molecule is COC(=O)C(C)(Cc1ccc(OCCNC2[C@H]3CN(Cc4cc(F)c(F)cc4F)C[C@@H]23)cc1)Oc1ccc(C(C)(C)C)cc1. The van der Waals surface area contributed by atoms with Gasteiger partial charge < -0.3 is 19.5 Å². The molecule has 0 radical (unpaired) electrons. The summed E-state index contributed by atoms with van der Waals surface area (Å²) in [5, 5.41) is 3.53. The number of fused-ring (bicyclic) bond motifs is 1. The molecule has 1 aliphatic heterocycles. The number of esters is 1. The molecule has 9 heteroatoms. The number of nitrogens with zero attached hydrogens (tertiary/aromatic N) is 1. The first-order valence-electron chi connectivity index (χ1n) is 15.0. The van der Waals surface area contributed by atoms with Crippen molar-refractivity contribution in [3.05, 3.63) is 94.8 Å². The van der Waals surface area contributed by atoms with Crippen LogP contribution in [0, 0.1) is 29.3 Å². The van der Waals surface area contributed by atoms with E-state index in [1.54, 1.807) is 6.92 Å². The number of piperidine rings is 1. The molecule has 0 spiro atoms. The molecular weight excluding hydrogens is 569 g/mol. The second kappa shape index (κ2) is 12.8. The highest BCUT2D eigenvalue weighted by molar-refractivity contribution is 5.80. The summed E-state index contributed by atoms with van der Waals surface area (Å²) in [6.45, 7) is 11.2. The predicted octanol–water partition coefficient (Wildman–Crippen LogP) is 6.05. The van der Waals surface area contributed by atoms with Gasteiger partial charge in [0, 0.05) is 50.3 Å². The summed E-state index contributed by atoms with van der Waals surface area (Å²) >= 11 is 0. The van der Waals surface area contributed by atoms with Gasteiger partial charge in [-0.15, -0.1) is 0 Å². The summed E-state index contributed by atoms with van der Waals surface area (Å²) in [5.74, 6) is -1.09. The number of nitrogens with one attached hydrogen (secondary N) is 1. The molecule has 0 amide bonds. The zero-order valence-electron chi connectivity index (χ0n) is 26.0. The molecule has 236 valence electrons. The van der Waals surface area contributed by atoms with Crippen LogP contribution in [0.15, 0.2) is 60.7 Å². The topological polar surface area (TPSA) is 60.0 Å². The minimum Gasteiger partial charge on any atom is -0.492 e. The van der Waals surface area contributed by atoms with E-state index in [-0.39, 0.29) is 17.5 Å². The lowest BCUT2D eigenvalue weighted by molar-refractivity contribution is -0.157. The first-order valence-corrected chi connectivity index (χ1v) is 15.0. The van der Waals surface area contributed by atoms with Gasteiger partial charge in [-0.2, -0.15) is 0 Å². The highest BCUT2D eigenvalue weighted by Gasteiger charge is 2.55. The maximum Gasteiger partial charge on any atom is 0.350 e. The molecule has 1 saturated carbocycles. The summed E-state index contributed by atoms with van der Waals surface area (Å²) < 4.78 is 57.9. The van der Waals surface area contributed by atoms with E-state index in [0.29, 0.717) is 49.3 Å². The Morgan fingerprint density at radius 3 is 2.11 bits per heavy atom. The van der Waals surface area contributed by atoms with Crippen LogP contribution in [0.4, 0.5) is 13.2 Å². The number of hydrogen-bond acceptors (Lipinski definition) is 6. The van der Waals surface area contributed by atoms with Gasteiger partial charge in [-0.3, -0.25) is 4.90 Å². The van der Waals surface area contributed by atoms with Crippen LogP contribution in [0.1, 0.15) is 44.4 Å². The smallest absolute Gasteiger partial charge is 0.350 e. The number of carbonyl (C=O) groups excluding carboxylic acids is 1. The van der Waals surface area contributed by atoms with Crippen LogP contribution in [-0.2, 0) is 27.9 Å². The van der Waals surface area contributed by atoms with E-state index in [4.69, 9.17) is 14.2 Å². The Balaban J connectivity index is 1.05. The fraction of sp³-hybridized carbons (Fsp3) is 0.457. The van der Waals surface area contributed by atoms with E-state index in [0.717, 1.165) is 30.5 Å². The Morgan fingerprint density at radius 1 is 0.886 bits per heavy atom. The molecule has 0 aromatic heterocycles. The molecule has 3 aromatic carbocycles. The average Bonchev–Trinajstić information content (AvgIpc) is 3.43. The van der Waals surface area contributed by atoms with Crippen LogP contribution in [0.3, 0.4) is 0 Å². The van der Waals surface area contributed by atoms with Crippen LogP contribution < -0.4 is 14.8 Å². The third-order valence-corrected chi connectivity index (χ3v) is 8.65. The van der Waals surface area contributed by atoms with Crippen LogP contribution in [0.25, 0.3) is 0 Å². The number of likely N-dealkylation sites (tertiary alicyclic amines) is 1. The van der Waals surface area contributed by atoms with Crippen molar-refractivity contribution >= 4 is 5.97 Å². The quantitative estimate of drug-likeness (QED) is 0.153. The van der Waals surface area contributed by atoms with Gasteiger partial charge in [0.1, 0.15) is 23.9 Å². The molecule has 1 saturated heterocycles. The number of methoxy groups -OCH3 is 1. The van der Waals surface area contributed by atoms with Crippen molar-refractivity contribution in [2.75, 3.05) is 33.4 Å². The second-order valence-electron chi connectivity index (χ2n) is 13.1. The number of hydrogen-bond donors (Lipinski definition) is 1. The van der Waals surface area contributed by atoms with Gasteiger partial charge in [0.05, 0.1) is 7.11 Å². The van der Waals surface area contributed by atoms with E-state index < -0.39 is 29.0 Å². The van der Waals surface area contributed by atoms with Crippen molar-refractivity contribution in [3.8, 4) is 11.5 Å². The van der Waals surface area contributed by atoms with Crippen LogP contribution >= 0.6 is 0 Å². The minimum atomic E-state index is -1.20. The van der Waals surface area contributed by atoms with E-state index in [1.807, 2.05) is 48.5 Å². The van der Waals surface area contributed by atoms with Crippen molar-refractivity contribution in [2.45, 2.75) is 57.7 Å². The van der Waals surface area contributed by atoms with Gasteiger partial charge in [-0.1, -0.05) is 45.0 Å². The molecule has 0 bridgehead atoms. The molecular formula is C35H41F3N2O4. The Morgan fingerprint density at radius 2 is 1.50 bits per heavy atom. The number of carbonyl (C=O) groups is 1. The maximum atomic E-state index is 14.0. The normalized spacial score (nSPS) is 21.0. The molecule has 4 atom stereocenters. The standard InChI is InChI=1S/C35H41F3N2O4/c1-34(2,3)24-8-12-26(13-9-24)44-35(4,33(41)42-5)18-22-6-10-25(11-7-22)43-15-14-39-32-27-20-40(21-28(27)32)19-23-16-30(37)31(38)17-29(23)36/h6-13,16-17,27-28,32,39H,14-15,18-21H2,1-5H3/t27-,28+,32?,35?. The van der Waals surface area contributed by atoms with Crippen LogP contribution in [0.5, 0.6) is 11.5 Å². The van der Waals surface area contributed by atoms with Gasteiger partial charge in [0.2, 0.25) is 5.60 Å². The van der Waals surface area contributed by atoms with Crippen molar-refractivity contribution in [1.82, 2.24) is 10.2 Å². The molecule has 2 aliphatic rings. The number of rotatable bonds is 12. The Bertz CT molecular complexity index is 1450. The van der Waals surface area contributed by atoms with Crippen molar-refractivity contribution in [2.24, 2.45) is 11.8 Å². The first-order chi connectivity index (χ1) is 20.9. The molecule has 1 N–H and O–H groups in total. The maximum absolute atomic E-state index is 14.0. The van der Waals surface area contributed by atoms with Gasteiger partial charge in [-0.05, 0) is 65.6 Å². The van der Waals surface area contributed by atoms with Crippen LogP contribution in [-0.4, -0.2) is 55.9 Å². The summed E-state index contributed by atoms with van der Waals surface area (Å²) in [6.07, 6.45) is 0.326. The number of halogens is 3. The number of ether oxygens (including phenoxy) is 3. The predicted molar refractivity (Wildman–Crippen MR) is 162 cm³/mol. The van der Waals surface area contributed by atoms with Gasteiger partial charge in [-0.25, -0.2) is 18.0 Å². The zero-order valence-corrected chi connectivity index (χ0v) is 26.0. The fourth-order valence-corrected chi connectivity index (χ4v) is 6.11. The first kappa shape index (κ1) is 31.9. The highest BCUT2D eigenvalue weighted by Crippen LogP contribution is 2.45. The van der Waals surface area contributed by atoms with Crippen LogP contribution in [0.2, 0.25) is 0 Å². The van der Waals surface area contributed by atoms with E-state index in [9.17, 15) is 18.0 Å². The zero-order chi connectivity index (χ0) is 31.6. The van der Waals surface area contributed by atoms with E-state index >= 15 is 0 Å². The van der Waals surface area contributed by atoms with E-state index in [1.165, 1.54) is 12.7 Å². The average molecular weight is 611 g/mol. The third-order valence-electron chi connectivity index (χ3n) is 8.65. The summed E-state index contributed by atoms with van der Waals surface area (Å²) in [6, 6.07) is 17.3. The molecule has 6 nitrogen and oxygen atoms in total. The molecule has 1 heterocycles. The molecule has 1 aliphatic carbocycles. The van der Waals surface area contributed by atoms with Crippen molar-refractivity contribution in [1.29, 1.82) is 0 Å². The third kappa shape index (κ3) is 7.38. The largest absolute Gasteiger partial charge is 0.492 e. The van der Waals surface area contributed by atoms with E-state index in [2.05, 4.69) is 31.0 Å². The van der Waals surface area contributed by atoms with Crippen molar-refractivity contribution in [3.63, 3.8) is 0 Å². The number of benzene rings is 3. The lowest BCUT2D eigenvalue weighted by Gasteiger charge is -2.28. The highest BCUT2D eigenvalue weighted by atomic mass is 19.2. The molecule has 44 heavy (non-hydrogen) atoms. The summed E-state index contributed by atoms with van der Waals surface area (Å²) in [5.41, 5.74) is 1.08. The molecule has 5 rings (SSSR count). The monoisotopic (exact) mass is 610 g/mol. The fourth-order valence-electron chi connectivity index (χ4n) is 6.11. The lowest BCUT2D eigenvalue weighted by Crippen LogP contribution is -2.44. The summed E-state index contributed by atoms with van der Waals surface area (Å²) in [4.78, 5) is 14.8. The van der Waals surface area contributed by atoms with Gasteiger partial charge in [0.15, 0.2) is 11.6 Å². The Kier molecular flexibility index (Phi) is 9.28. The molecule has 2 unspecified atom stereocenters. The summed E-state index contributed by atoms with van der Waals surface area (Å²) in [7, 11) is 1.36. The van der Waals surface area contributed by atoms with Crippen molar-refractivity contribution < 1.29 is 32.2 Å². The van der Waals surface area contributed by atoms with Gasteiger partial charge in [0.25, 0.3) is 0 Å². The molecule has 2 fully saturated rings.